The number of nitrogens with zero attached hydrogens (tertiary/aromatic N) is 2. The number of ether oxygens (including phenoxy) is 3. The van der Waals surface area contributed by atoms with Crippen molar-refractivity contribution in [2.45, 2.75) is 19.4 Å². The predicted octanol–water partition coefficient (Wildman–Crippen LogP) is 2.65. The molecule has 7 heteroatoms. The van der Waals surface area contributed by atoms with Gasteiger partial charge >= 0.3 is 0 Å². The maximum atomic E-state index is 13.2. The van der Waals surface area contributed by atoms with E-state index in [-0.39, 0.29) is 24.2 Å². The van der Waals surface area contributed by atoms with Gasteiger partial charge in [0.25, 0.3) is 0 Å². The van der Waals surface area contributed by atoms with Crippen LogP contribution >= 0.6 is 0 Å². The zero-order valence-electron chi connectivity index (χ0n) is 17.5. The molecular formula is C23H26N2O5. The number of amides is 2. The Kier molecular flexibility index (Phi) is 5.53. The molecule has 30 heavy (non-hydrogen) atoms. The lowest BCUT2D eigenvalue weighted by molar-refractivity contribution is -0.136. The molecule has 1 atom stereocenters. The first-order valence-electron chi connectivity index (χ1n) is 10.0. The van der Waals surface area contributed by atoms with E-state index in [1.165, 1.54) is 32.5 Å². The summed E-state index contributed by atoms with van der Waals surface area (Å²) >= 11 is 0. The van der Waals surface area contributed by atoms with E-state index in [1.807, 2.05) is 17.0 Å². The monoisotopic (exact) mass is 410 g/mol. The first kappa shape index (κ1) is 20.1. The number of carbonyl (C=O) groups is 2. The number of anilines is 1. The van der Waals surface area contributed by atoms with E-state index < -0.39 is 0 Å². The minimum atomic E-state index is -0.359. The average molecular weight is 410 g/mol. The summed E-state index contributed by atoms with van der Waals surface area (Å²) in [5.74, 6) is 1.01. The number of carbonyl (C=O) groups excluding carboxylic acids is 2. The SMILES string of the molecule is COc1cc(N2CC(C(=O)N3CCc4ccccc4C3)CC2=O)cc(OC)c1OC. The Morgan fingerprint density at radius 2 is 1.67 bits per heavy atom. The lowest BCUT2D eigenvalue weighted by Crippen LogP contribution is -2.40. The Morgan fingerprint density at radius 3 is 2.30 bits per heavy atom. The number of methoxy groups -OCH3 is 3. The Labute approximate surface area is 176 Å². The van der Waals surface area contributed by atoms with E-state index in [0.717, 1.165) is 6.42 Å². The second kappa shape index (κ2) is 8.26. The molecule has 0 aliphatic carbocycles. The average Bonchev–Trinajstić information content (AvgIpc) is 3.18. The number of hydrogen-bond donors (Lipinski definition) is 0. The van der Waals surface area contributed by atoms with Gasteiger partial charge in [-0.05, 0) is 17.5 Å². The first-order chi connectivity index (χ1) is 14.5. The number of benzene rings is 2. The molecule has 2 aromatic rings. The molecule has 2 aromatic carbocycles. The largest absolute Gasteiger partial charge is 0.493 e. The van der Waals surface area contributed by atoms with Gasteiger partial charge in [0.2, 0.25) is 17.6 Å². The molecule has 0 spiro atoms. The molecule has 0 radical (unpaired) electrons. The summed E-state index contributed by atoms with van der Waals surface area (Å²) in [5, 5.41) is 0. The lowest BCUT2D eigenvalue weighted by Gasteiger charge is -2.30. The molecule has 0 N–H and O–H groups in total. The Bertz CT molecular complexity index is 949. The molecule has 0 saturated carbocycles. The van der Waals surface area contributed by atoms with E-state index in [2.05, 4.69) is 12.1 Å². The van der Waals surface area contributed by atoms with Crippen LogP contribution in [-0.4, -0.2) is 51.1 Å². The third-order valence-corrected chi connectivity index (χ3v) is 5.88. The van der Waals surface area contributed by atoms with Crippen LogP contribution < -0.4 is 19.1 Å². The van der Waals surface area contributed by atoms with Gasteiger partial charge in [-0.2, -0.15) is 0 Å². The summed E-state index contributed by atoms with van der Waals surface area (Å²) < 4.78 is 16.2. The third kappa shape index (κ3) is 3.56. The minimum absolute atomic E-state index is 0.0350. The highest BCUT2D eigenvalue weighted by molar-refractivity contribution is 6.00. The molecule has 0 bridgehead atoms. The fraction of sp³-hybridized carbons (Fsp3) is 0.391. The van der Waals surface area contributed by atoms with Gasteiger partial charge in [0.1, 0.15) is 0 Å². The molecule has 1 unspecified atom stereocenters. The van der Waals surface area contributed by atoms with Gasteiger partial charge < -0.3 is 24.0 Å². The summed E-state index contributed by atoms with van der Waals surface area (Å²) in [4.78, 5) is 29.4. The van der Waals surface area contributed by atoms with Gasteiger partial charge in [-0.25, -0.2) is 0 Å². The molecule has 2 aliphatic heterocycles. The van der Waals surface area contributed by atoms with Crippen molar-refractivity contribution in [3.8, 4) is 17.2 Å². The zero-order chi connectivity index (χ0) is 21.3. The van der Waals surface area contributed by atoms with Gasteiger partial charge in [-0.3, -0.25) is 9.59 Å². The fourth-order valence-electron chi connectivity index (χ4n) is 4.29. The molecule has 2 heterocycles. The van der Waals surface area contributed by atoms with Gasteiger partial charge in [-0.1, -0.05) is 24.3 Å². The van der Waals surface area contributed by atoms with Crippen LogP contribution in [0.25, 0.3) is 0 Å². The van der Waals surface area contributed by atoms with Gasteiger partial charge in [0.15, 0.2) is 11.5 Å². The predicted molar refractivity (Wildman–Crippen MR) is 112 cm³/mol. The van der Waals surface area contributed by atoms with Crippen molar-refractivity contribution in [1.29, 1.82) is 0 Å². The summed E-state index contributed by atoms with van der Waals surface area (Å²) in [6, 6.07) is 11.7. The Balaban J connectivity index is 1.53. The minimum Gasteiger partial charge on any atom is -0.493 e. The highest BCUT2D eigenvalue weighted by Crippen LogP contribution is 2.42. The molecule has 0 aromatic heterocycles. The standard InChI is InChI=1S/C23H26N2O5/c1-28-19-11-18(12-20(29-2)22(19)30-3)25-14-17(10-21(25)26)23(27)24-9-8-15-6-4-5-7-16(15)13-24/h4-7,11-12,17H,8-10,13-14H2,1-3H3. The van der Waals surface area contributed by atoms with Gasteiger partial charge in [-0.15, -0.1) is 0 Å². The van der Waals surface area contributed by atoms with Crippen molar-refractivity contribution in [3.05, 3.63) is 47.5 Å². The first-order valence-corrected chi connectivity index (χ1v) is 10.0. The van der Waals surface area contributed by atoms with Crippen LogP contribution in [0, 0.1) is 5.92 Å². The van der Waals surface area contributed by atoms with Crippen molar-refractivity contribution in [3.63, 3.8) is 0 Å². The highest BCUT2D eigenvalue weighted by Gasteiger charge is 2.38. The van der Waals surface area contributed by atoms with E-state index >= 15 is 0 Å². The van der Waals surface area contributed by atoms with Crippen LogP contribution in [0.5, 0.6) is 17.2 Å². The summed E-state index contributed by atoms with van der Waals surface area (Å²) in [5.41, 5.74) is 3.11. The van der Waals surface area contributed by atoms with Crippen LogP contribution in [0.15, 0.2) is 36.4 Å². The van der Waals surface area contributed by atoms with Crippen LogP contribution in [0.4, 0.5) is 5.69 Å². The van der Waals surface area contributed by atoms with E-state index in [0.29, 0.717) is 42.6 Å². The van der Waals surface area contributed by atoms with Crippen LogP contribution in [0.3, 0.4) is 0 Å². The molecule has 2 amide bonds. The van der Waals surface area contributed by atoms with Crippen LogP contribution in [0.1, 0.15) is 17.5 Å². The Hall–Kier alpha value is -3.22. The second-order valence-electron chi connectivity index (χ2n) is 7.57. The normalized spacial score (nSPS) is 18.2. The summed E-state index contributed by atoms with van der Waals surface area (Å²) in [7, 11) is 4.60. The van der Waals surface area contributed by atoms with E-state index in [4.69, 9.17) is 14.2 Å². The van der Waals surface area contributed by atoms with Gasteiger partial charge in [0, 0.05) is 38.2 Å². The molecule has 2 aliphatic rings. The van der Waals surface area contributed by atoms with Crippen molar-refractivity contribution in [1.82, 2.24) is 4.90 Å². The lowest BCUT2D eigenvalue weighted by atomic mass is 9.98. The quantitative estimate of drug-likeness (QED) is 0.758. The Morgan fingerprint density at radius 1 is 1.00 bits per heavy atom. The fourth-order valence-corrected chi connectivity index (χ4v) is 4.29. The van der Waals surface area contributed by atoms with Crippen molar-refractivity contribution >= 4 is 17.5 Å². The molecular weight excluding hydrogens is 384 g/mol. The smallest absolute Gasteiger partial charge is 0.228 e. The van der Waals surface area contributed by atoms with Crippen LogP contribution in [-0.2, 0) is 22.6 Å². The van der Waals surface area contributed by atoms with E-state index in [9.17, 15) is 9.59 Å². The third-order valence-electron chi connectivity index (χ3n) is 5.88. The molecule has 158 valence electrons. The van der Waals surface area contributed by atoms with Crippen molar-refractivity contribution < 1.29 is 23.8 Å². The van der Waals surface area contributed by atoms with Crippen LogP contribution in [0.2, 0.25) is 0 Å². The van der Waals surface area contributed by atoms with Crippen molar-refractivity contribution in [2.24, 2.45) is 5.92 Å². The molecule has 4 rings (SSSR count). The summed E-state index contributed by atoms with van der Waals surface area (Å²) in [6.45, 7) is 1.63. The van der Waals surface area contributed by atoms with Gasteiger partial charge in [0.05, 0.1) is 32.9 Å². The molecule has 1 saturated heterocycles. The maximum absolute atomic E-state index is 13.2. The molecule has 7 nitrogen and oxygen atoms in total. The molecule has 1 fully saturated rings. The number of hydrogen-bond acceptors (Lipinski definition) is 5. The highest BCUT2D eigenvalue weighted by atomic mass is 16.5. The maximum Gasteiger partial charge on any atom is 0.228 e. The number of rotatable bonds is 5. The van der Waals surface area contributed by atoms with E-state index in [1.54, 1.807) is 17.0 Å². The number of fused-ring (bicyclic) bond motifs is 1. The summed E-state index contributed by atoms with van der Waals surface area (Å²) in [6.07, 6.45) is 1.05. The second-order valence-corrected chi connectivity index (χ2v) is 7.57. The topological polar surface area (TPSA) is 68.3 Å². The van der Waals surface area contributed by atoms with Crippen molar-refractivity contribution in [2.75, 3.05) is 39.3 Å². The zero-order valence-corrected chi connectivity index (χ0v) is 17.5.